The van der Waals surface area contributed by atoms with Crippen molar-refractivity contribution in [1.82, 2.24) is 0 Å². The zero-order chi connectivity index (χ0) is 7.11. The summed E-state index contributed by atoms with van der Waals surface area (Å²) in [6.45, 7) is 6.20. The van der Waals surface area contributed by atoms with E-state index in [4.69, 9.17) is 5.73 Å². The number of nitrogens with two attached hydrogens (primary N) is 1. The quantitative estimate of drug-likeness (QED) is 0.567. The van der Waals surface area contributed by atoms with Crippen LogP contribution in [0.5, 0.6) is 0 Å². The van der Waals surface area contributed by atoms with Crippen LogP contribution in [0.25, 0.3) is 0 Å². The molecule has 1 heteroatoms. The van der Waals surface area contributed by atoms with Gasteiger partial charge >= 0.3 is 0 Å². The summed E-state index contributed by atoms with van der Waals surface area (Å²) in [6.07, 6.45) is 7.73. The van der Waals surface area contributed by atoms with Gasteiger partial charge in [-0.25, -0.2) is 0 Å². The SMILES string of the molecule is C=C(/C=C\C=CC)CN. The molecule has 0 heterocycles. The summed E-state index contributed by atoms with van der Waals surface area (Å²) in [4.78, 5) is 0. The third-order valence-corrected chi connectivity index (χ3v) is 0.898. The first-order chi connectivity index (χ1) is 4.31. The molecule has 0 atom stereocenters. The van der Waals surface area contributed by atoms with E-state index in [-0.39, 0.29) is 0 Å². The first-order valence-electron chi connectivity index (χ1n) is 2.98. The van der Waals surface area contributed by atoms with Crippen molar-refractivity contribution in [2.75, 3.05) is 6.54 Å². The third-order valence-electron chi connectivity index (χ3n) is 0.898. The van der Waals surface area contributed by atoms with Crippen LogP contribution in [0.4, 0.5) is 0 Å². The molecule has 0 saturated carbocycles. The van der Waals surface area contributed by atoms with Crippen LogP contribution in [0.15, 0.2) is 36.5 Å². The topological polar surface area (TPSA) is 26.0 Å². The Labute approximate surface area is 56.6 Å². The predicted molar refractivity (Wildman–Crippen MR) is 42.1 cm³/mol. The largest absolute Gasteiger partial charge is 0.327 e. The molecule has 0 fully saturated rings. The average Bonchev–Trinajstić information content (AvgIpc) is 1.89. The molecule has 0 aliphatic carbocycles. The second kappa shape index (κ2) is 5.32. The molecule has 0 aliphatic heterocycles. The molecule has 0 spiro atoms. The fraction of sp³-hybridized carbons (Fsp3) is 0.250. The molecule has 0 aromatic heterocycles. The maximum atomic E-state index is 5.28. The van der Waals surface area contributed by atoms with Gasteiger partial charge in [-0.2, -0.15) is 0 Å². The molecule has 0 saturated heterocycles. The van der Waals surface area contributed by atoms with Crippen molar-refractivity contribution in [1.29, 1.82) is 0 Å². The van der Waals surface area contributed by atoms with Crippen molar-refractivity contribution in [2.24, 2.45) is 5.73 Å². The van der Waals surface area contributed by atoms with Crippen molar-refractivity contribution in [2.45, 2.75) is 6.92 Å². The summed E-state index contributed by atoms with van der Waals surface area (Å²) in [5, 5.41) is 0. The normalized spacial score (nSPS) is 11.3. The smallest absolute Gasteiger partial charge is 0.0172 e. The lowest BCUT2D eigenvalue weighted by molar-refractivity contribution is 1.20. The van der Waals surface area contributed by atoms with Crippen molar-refractivity contribution in [3.63, 3.8) is 0 Å². The summed E-state index contributed by atoms with van der Waals surface area (Å²) in [5.74, 6) is 0. The van der Waals surface area contributed by atoms with E-state index in [0.29, 0.717) is 6.54 Å². The van der Waals surface area contributed by atoms with Gasteiger partial charge in [0.1, 0.15) is 0 Å². The van der Waals surface area contributed by atoms with E-state index in [1.165, 1.54) is 0 Å². The van der Waals surface area contributed by atoms with Gasteiger partial charge in [0, 0.05) is 6.54 Å². The van der Waals surface area contributed by atoms with Gasteiger partial charge in [0.2, 0.25) is 0 Å². The van der Waals surface area contributed by atoms with Crippen LogP contribution >= 0.6 is 0 Å². The summed E-state index contributed by atoms with van der Waals surface area (Å²) in [7, 11) is 0. The molecular weight excluding hydrogens is 110 g/mol. The number of rotatable bonds is 3. The Morgan fingerprint density at radius 2 is 2.22 bits per heavy atom. The molecule has 9 heavy (non-hydrogen) atoms. The Kier molecular flexibility index (Phi) is 4.83. The molecule has 0 aliphatic rings. The number of allylic oxidation sites excluding steroid dienone is 3. The first-order valence-corrected chi connectivity index (χ1v) is 2.98. The van der Waals surface area contributed by atoms with E-state index in [1.807, 2.05) is 31.2 Å². The molecule has 0 bridgehead atoms. The molecule has 2 N–H and O–H groups in total. The molecule has 0 aromatic carbocycles. The highest BCUT2D eigenvalue weighted by atomic mass is 14.5. The summed E-state index contributed by atoms with van der Waals surface area (Å²) >= 11 is 0. The molecule has 1 nitrogen and oxygen atoms in total. The Bertz CT molecular complexity index is 132. The van der Waals surface area contributed by atoms with E-state index in [1.54, 1.807) is 0 Å². The second-order valence-electron chi connectivity index (χ2n) is 1.75. The molecule has 0 rings (SSSR count). The highest BCUT2D eigenvalue weighted by Gasteiger charge is 1.76. The van der Waals surface area contributed by atoms with Crippen LogP contribution in [-0.4, -0.2) is 6.54 Å². The van der Waals surface area contributed by atoms with E-state index >= 15 is 0 Å². The van der Waals surface area contributed by atoms with Crippen LogP contribution in [0, 0.1) is 0 Å². The minimum Gasteiger partial charge on any atom is -0.327 e. The summed E-state index contributed by atoms with van der Waals surface area (Å²) < 4.78 is 0. The Morgan fingerprint density at radius 1 is 1.56 bits per heavy atom. The molecular formula is C8H13N. The predicted octanol–water partition coefficient (Wildman–Crippen LogP) is 1.63. The standard InChI is InChI=1S/C8H13N/c1-3-4-5-6-8(2)7-9/h3-6H,2,7,9H2,1H3/b4-3?,6-5-. The van der Waals surface area contributed by atoms with Crippen LogP contribution in [0.2, 0.25) is 0 Å². The minimum atomic E-state index is 0.536. The van der Waals surface area contributed by atoms with Crippen molar-refractivity contribution in [3.8, 4) is 0 Å². The molecule has 0 aromatic rings. The van der Waals surface area contributed by atoms with Crippen LogP contribution < -0.4 is 5.73 Å². The van der Waals surface area contributed by atoms with E-state index in [2.05, 4.69) is 6.58 Å². The molecule has 0 amide bonds. The second-order valence-corrected chi connectivity index (χ2v) is 1.75. The van der Waals surface area contributed by atoms with Crippen molar-refractivity contribution in [3.05, 3.63) is 36.5 Å². The lowest BCUT2D eigenvalue weighted by Crippen LogP contribution is -1.98. The lowest BCUT2D eigenvalue weighted by Gasteiger charge is -1.87. The zero-order valence-corrected chi connectivity index (χ0v) is 5.80. The van der Waals surface area contributed by atoms with Gasteiger partial charge in [-0.15, -0.1) is 0 Å². The summed E-state index contributed by atoms with van der Waals surface area (Å²) in [6, 6.07) is 0. The fourth-order valence-corrected chi connectivity index (χ4v) is 0.371. The highest BCUT2D eigenvalue weighted by molar-refractivity contribution is 5.19. The fourth-order valence-electron chi connectivity index (χ4n) is 0.371. The molecule has 0 unspecified atom stereocenters. The maximum absolute atomic E-state index is 5.28. The average molecular weight is 123 g/mol. The van der Waals surface area contributed by atoms with Gasteiger partial charge in [0.05, 0.1) is 0 Å². The Balaban J connectivity index is 3.57. The monoisotopic (exact) mass is 123 g/mol. The summed E-state index contributed by atoms with van der Waals surface area (Å²) in [5.41, 5.74) is 6.23. The zero-order valence-electron chi connectivity index (χ0n) is 5.80. The van der Waals surface area contributed by atoms with Gasteiger partial charge in [-0.05, 0) is 12.5 Å². The highest BCUT2D eigenvalue weighted by Crippen LogP contribution is 1.88. The van der Waals surface area contributed by atoms with Crippen molar-refractivity contribution < 1.29 is 0 Å². The van der Waals surface area contributed by atoms with Crippen LogP contribution in [0.1, 0.15) is 6.92 Å². The van der Waals surface area contributed by atoms with Crippen LogP contribution in [0.3, 0.4) is 0 Å². The number of hydrogen-bond acceptors (Lipinski definition) is 1. The minimum absolute atomic E-state index is 0.536. The molecule has 50 valence electrons. The third kappa shape index (κ3) is 5.04. The van der Waals surface area contributed by atoms with Gasteiger partial charge in [-0.1, -0.05) is 30.9 Å². The van der Waals surface area contributed by atoms with Gasteiger partial charge in [-0.3, -0.25) is 0 Å². The van der Waals surface area contributed by atoms with E-state index in [9.17, 15) is 0 Å². The maximum Gasteiger partial charge on any atom is 0.0172 e. The number of hydrogen-bond donors (Lipinski definition) is 1. The van der Waals surface area contributed by atoms with E-state index in [0.717, 1.165) is 5.57 Å². The Morgan fingerprint density at radius 3 is 2.67 bits per heavy atom. The first kappa shape index (κ1) is 8.18. The van der Waals surface area contributed by atoms with Crippen LogP contribution in [-0.2, 0) is 0 Å². The molecule has 0 radical (unpaired) electrons. The van der Waals surface area contributed by atoms with E-state index < -0.39 is 0 Å². The van der Waals surface area contributed by atoms with Gasteiger partial charge in [0.15, 0.2) is 0 Å². The van der Waals surface area contributed by atoms with Gasteiger partial charge in [0.25, 0.3) is 0 Å². The Hall–Kier alpha value is -0.820. The lowest BCUT2D eigenvalue weighted by atomic mass is 10.3. The van der Waals surface area contributed by atoms with Gasteiger partial charge < -0.3 is 5.73 Å². The van der Waals surface area contributed by atoms with Crippen molar-refractivity contribution >= 4 is 0 Å².